The first-order chi connectivity index (χ1) is 15.5. The van der Waals surface area contributed by atoms with E-state index in [1.165, 1.54) is 16.7 Å². The van der Waals surface area contributed by atoms with Gasteiger partial charge in [-0.2, -0.15) is 5.26 Å². The lowest BCUT2D eigenvalue weighted by Crippen LogP contribution is -2.22. The quantitative estimate of drug-likeness (QED) is 0.301. The van der Waals surface area contributed by atoms with E-state index in [4.69, 9.17) is 26.6 Å². The van der Waals surface area contributed by atoms with Crippen molar-refractivity contribution < 1.29 is 18.7 Å². The normalized spacial score (nSPS) is 14.6. The zero-order valence-corrected chi connectivity index (χ0v) is 18.5. The molecule has 1 saturated heterocycles. The maximum Gasteiger partial charge on any atom is 0.338 e. The minimum Gasteiger partial charge on any atom is -0.457 e. The molecule has 4 rings (SSSR count). The van der Waals surface area contributed by atoms with Crippen molar-refractivity contribution in [2.45, 2.75) is 6.61 Å². The summed E-state index contributed by atoms with van der Waals surface area (Å²) in [5.41, 5.74) is 2.30. The first-order valence-corrected chi connectivity index (χ1v) is 10.8. The van der Waals surface area contributed by atoms with E-state index < -0.39 is 5.97 Å². The summed E-state index contributed by atoms with van der Waals surface area (Å²) >= 11 is 6.36. The molecule has 0 aliphatic carbocycles. The predicted molar refractivity (Wildman–Crippen MR) is 125 cm³/mol. The molecule has 0 unspecified atom stereocenters. The number of amides is 1. The Hall–Kier alpha value is -3.67. The van der Waals surface area contributed by atoms with Crippen LogP contribution in [0.15, 0.2) is 70.0 Å². The van der Waals surface area contributed by atoms with Crippen molar-refractivity contribution in [2.24, 2.45) is 0 Å². The lowest BCUT2D eigenvalue weighted by atomic mass is 10.1. The van der Waals surface area contributed by atoms with Crippen LogP contribution in [0.25, 0.3) is 17.4 Å². The number of carbonyl (C=O) groups is 2. The molecule has 32 heavy (non-hydrogen) atoms. The van der Waals surface area contributed by atoms with Crippen molar-refractivity contribution in [3.05, 3.63) is 88.0 Å². The minimum absolute atomic E-state index is 0.0237. The molecule has 158 valence electrons. The SMILES string of the molecule is CN1C(=O)/C(=C\c2ccc(-c3ccc(C(=O)OCc4ccccc4C#N)cc3)o2)SC1=S. The Bertz CT molecular complexity index is 1290. The molecule has 8 heteroatoms. The van der Waals surface area contributed by atoms with Crippen LogP contribution in [0.5, 0.6) is 0 Å². The summed E-state index contributed by atoms with van der Waals surface area (Å²) < 4.78 is 11.7. The Labute approximate surface area is 194 Å². The van der Waals surface area contributed by atoms with E-state index in [1.54, 1.807) is 73.8 Å². The molecule has 1 amide bonds. The van der Waals surface area contributed by atoms with Crippen molar-refractivity contribution in [3.8, 4) is 17.4 Å². The van der Waals surface area contributed by atoms with Gasteiger partial charge in [0, 0.05) is 24.3 Å². The fourth-order valence-electron chi connectivity index (χ4n) is 3.01. The number of ether oxygens (including phenoxy) is 1. The molecule has 0 atom stereocenters. The number of esters is 1. The molecular formula is C24H16N2O4S2. The Morgan fingerprint density at radius 1 is 1.19 bits per heavy atom. The van der Waals surface area contributed by atoms with Gasteiger partial charge in [0.05, 0.1) is 22.1 Å². The van der Waals surface area contributed by atoms with E-state index in [-0.39, 0.29) is 12.5 Å². The number of furan rings is 1. The highest BCUT2D eigenvalue weighted by Gasteiger charge is 2.29. The minimum atomic E-state index is -0.481. The van der Waals surface area contributed by atoms with Crippen LogP contribution < -0.4 is 0 Å². The van der Waals surface area contributed by atoms with Gasteiger partial charge in [-0.25, -0.2) is 4.79 Å². The summed E-state index contributed by atoms with van der Waals surface area (Å²) in [4.78, 5) is 26.4. The van der Waals surface area contributed by atoms with Crippen LogP contribution >= 0.6 is 24.0 Å². The van der Waals surface area contributed by atoms with E-state index in [0.717, 1.165) is 5.56 Å². The van der Waals surface area contributed by atoms with Crippen LogP contribution in [0.1, 0.15) is 27.2 Å². The Kier molecular flexibility index (Phi) is 6.21. The third kappa shape index (κ3) is 4.49. The molecular weight excluding hydrogens is 444 g/mol. The van der Waals surface area contributed by atoms with Gasteiger partial charge >= 0.3 is 5.97 Å². The lowest BCUT2D eigenvalue weighted by Gasteiger charge is -2.07. The van der Waals surface area contributed by atoms with Gasteiger partial charge in [-0.3, -0.25) is 9.69 Å². The fourth-order valence-corrected chi connectivity index (χ4v) is 4.17. The maximum atomic E-state index is 12.4. The molecule has 6 nitrogen and oxygen atoms in total. The first-order valence-electron chi connectivity index (χ1n) is 9.53. The molecule has 1 aliphatic rings. The third-order valence-electron chi connectivity index (χ3n) is 4.79. The summed E-state index contributed by atoms with van der Waals surface area (Å²) in [5.74, 6) is 0.504. The number of nitrogens with zero attached hydrogens (tertiary/aromatic N) is 2. The zero-order chi connectivity index (χ0) is 22.7. The predicted octanol–water partition coefficient (Wildman–Crippen LogP) is 5.01. The van der Waals surface area contributed by atoms with Gasteiger partial charge in [-0.15, -0.1) is 0 Å². The number of rotatable bonds is 5. The van der Waals surface area contributed by atoms with Crippen LogP contribution in [0.4, 0.5) is 0 Å². The molecule has 0 N–H and O–H groups in total. The highest BCUT2D eigenvalue weighted by Crippen LogP contribution is 2.32. The Balaban J connectivity index is 1.43. The molecule has 0 spiro atoms. The largest absolute Gasteiger partial charge is 0.457 e. The molecule has 0 saturated carbocycles. The molecule has 0 bridgehead atoms. The number of thioether (sulfide) groups is 1. The van der Waals surface area contributed by atoms with Gasteiger partial charge in [-0.1, -0.05) is 54.3 Å². The number of thiocarbonyl (C=S) groups is 1. The smallest absolute Gasteiger partial charge is 0.338 e. The van der Waals surface area contributed by atoms with Crippen molar-refractivity contribution in [1.82, 2.24) is 4.90 Å². The van der Waals surface area contributed by atoms with Gasteiger partial charge in [0.25, 0.3) is 5.91 Å². The summed E-state index contributed by atoms with van der Waals surface area (Å²) in [6.07, 6.45) is 1.66. The third-order valence-corrected chi connectivity index (χ3v) is 6.27. The van der Waals surface area contributed by atoms with Gasteiger partial charge in [0.15, 0.2) is 0 Å². The molecule has 2 aromatic carbocycles. The van der Waals surface area contributed by atoms with Crippen LogP contribution in [0.2, 0.25) is 0 Å². The molecule has 1 fully saturated rings. The van der Waals surface area contributed by atoms with Crippen LogP contribution in [0.3, 0.4) is 0 Å². The van der Waals surface area contributed by atoms with E-state index in [9.17, 15) is 9.59 Å². The van der Waals surface area contributed by atoms with E-state index >= 15 is 0 Å². The maximum absolute atomic E-state index is 12.4. The lowest BCUT2D eigenvalue weighted by molar-refractivity contribution is -0.121. The van der Waals surface area contributed by atoms with Crippen molar-refractivity contribution in [2.75, 3.05) is 7.05 Å². The first kappa shape index (κ1) is 21.6. The van der Waals surface area contributed by atoms with Crippen LogP contribution in [-0.2, 0) is 16.1 Å². The van der Waals surface area contributed by atoms with E-state index in [0.29, 0.717) is 37.4 Å². The number of carbonyl (C=O) groups excluding carboxylic acids is 2. The number of likely N-dealkylation sites (N-methyl/N-ethyl adjacent to an activating group) is 1. The average Bonchev–Trinajstić information content (AvgIpc) is 3.38. The second-order valence-electron chi connectivity index (χ2n) is 6.87. The number of hydrogen-bond acceptors (Lipinski definition) is 7. The summed E-state index contributed by atoms with van der Waals surface area (Å²) in [6.45, 7) is 0.0237. The van der Waals surface area contributed by atoms with Gasteiger partial charge in [0.1, 0.15) is 22.4 Å². The van der Waals surface area contributed by atoms with E-state index in [1.807, 2.05) is 0 Å². The van der Waals surface area contributed by atoms with Crippen LogP contribution in [-0.4, -0.2) is 28.1 Å². The number of hydrogen-bond donors (Lipinski definition) is 0. The molecule has 3 aromatic rings. The van der Waals surface area contributed by atoms with Gasteiger partial charge < -0.3 is 9.15 Å². The summed E-state index contributed by atoms with van der Waals surface area (Å²) in [7, 11) is 1.64. The summed E-state index contributed by atoms with van der Waals surface area (Å²) in [6, 6.07) is 19.5. The van der Waals surface area contributed by atoms with Crippen molar-refractivity contribution in [3.63, 3.8) is 0 Å². The fraction of sp³-hybridized carbons (Fsp3) is 0.0833. The number of nitriles is 1. The Morgan fingerprint density at radius 3 is 2.62 bits per heavy atom. The van der Waals surface area contributed by atoms with E-state index in [2.05, 4.69) is 6.07 Å². The second-order valence-corrected chi connectivity index (χ2v) is 8.54. The molecule has 1 aromatic heterocycles. The number of benzene rings is 2. The molecule has 2 heterocycles. The molecule has 1 aliphatic heterocycles. The van der Waals surface area contributed by atoms with Gasteiger partial charge in [-0.05, 0) is 30.3 Å². The van der Waals surface area contributed by atoms with Crippen molar-refractivity contribution >= 4 is 46.3 Å². The van der Waals surface area contributed by atoms with Crippen LogP contribution in [0, 0.1) is 11.3 Å². The molecule has 0 radical (unpaired) electrons. The zero-order valence-electron chi connectivity index (χ0n) is 16.9. The Morgan fingerprint density at radius 2 is 1.94 bits per heavy atom. The standard InChI is InChI=1S/C24H16N2O4S2/c1-26-22(27)21(32-24(26)31)12-19-10-11-20(30-19)15-6-8-16(9-7-15)23(28)29-14-18-5-3-2-4-17(18)13-25/h2-12H,14H2,1H3/b21-12+. The average molecular weight is 461 g/mol. The summed E-state index contributed by atoms with van der Waals surface area (Å²) in [5, 5.41) is 9.13. The second kappa shape index (κ2) is 9.22. The highest BCUT2D eigenvalue weighted by molar-refractivity contribution is 8.26. The monoisotopic (exact) mass is 460 g/mol. The topological polar surface area (TPSA) is 83.5 Å². The van der Waals surface area contributed by atoms with Gasteiger partial charge in [0.2, 0.25) is 0 Å². The highest BCUT2D eigenvalue weighted by atomic mass is 32.2. The van der Waals surface area contributed by atoms with Crippen molar-refractivity contribution in [1.29, 1.82) is 5.26 Å².